The molecule has 0 aliphatic rings. The number of terminal acetylenes is 1. The van der Waals surface area contributed by atoms with Gasteiger partial charge in [0.1, 0.15) is 5.75 Å². The monoisotopic (exact) mass is 245 g/mol. The molecule has 1 aromatic rings. The molecule has 18 heavy (non-hydrogen) atoms. The molecule has 0 aliphatic heterocycles. The Morgan fingerprint density at radius 2 is 2.11 bits per heavy atom. The first-order valence-corrected chi connectivity index (χ1v) is 5.92. The Hall–Kier alpha value is -2.15. The normalized spacial score (nSPS) is 10.6. The van der Waals surface area contributed by atoms with E-state index in [4.69, 9.17) is 11.2 Å². The van der Waals surface area contributed by atoms with E-state index in [9.17, 15) is 0 Å². The van der Waals surface area contributed by atoms with E-state index in [0.717, 1.165) is 18.7 Å². The van der Waals surface area contributed by atoms with Crippen LogP contribution in [0.4, 0.5) is 0 Å². The minimum absolute atomic E-state index is 0.472. The molecule has 0 amide bonds. The van der Waals surface area contributed by atoms with Gasteiger partial charge in [0.25, 0.3) is 0 Å². The van der Waals surface area contributed by atoms with Crippen molar-refractivity contribution in [3.63, 3.8) is 0 Å². The second kappa shape index (κ2) is 8.94. The van der Waals surface area contributed by atoms with Crippen LogP contribution in [-0.4, -0.2) is 32.7 Å². The molecule has 0 fully saturated rings. The Bertz CT molecular complexity index is 395. The van der Waals surface area contributed by atoms with Crippen molar-refractivity contribution < 1.29 is 4.74 Å². The van der Waals surface area contributed by atoms with Gasteiger partial charge in [0.15, 0.2) is 5.96 Å². The predicted molar refractivity (Wildman–Crippen MR) is 74.8 cm³/mol. The molecular formula is C14H19N3O. The van der Waals surface area contributed by atoms with Crippen molar-refractivity contribution in [2.24, 2.45) is 4.99 Å². The van der Waals surface area contributed by atoms with Crippen LogP contribution in [0.2, 0.25) is 0 Å². The van der Waals surface area contributed by atoms with Gasteiger partial charge in [-0.25, -0.2) is 0 Å². The van der Waals surface area contributed by atoms with Gasteiger partial charge in [-0.05, 0) is 18.6 Å². The molecule has 1 rings (SSSR count). The molecule has 4 heteroatoms. The Morgan fingerprint density at radius 1 is 1.33 bits per heavy atom. The van der Waals surface area contributed by atoms with Crippen LogP contribution in [0, 0.1) is 12.3 Å². The molecule has 0 unspecified atom stereocenters. The van der Waals surface area contributed by atoms with Gasteiger partial charge in [0.2, 0.25) is 0 Å². The standard InChI is InChI=1S/C14H19N3O/c1-3-10-16-14(15-2)17-11-7-12-18-13-8-5-4-6-9-13/h1,4-6,8-9H,7,10-12H2,2H3,(H2,15,16,17). The van der Waals surface area contributed by atoms with E-state index in [2.05, 4.69) is 21.5 Å². The summed E-state index contributed by atoms with van der Waals surface area (Å²) in [5.41, 5.74) is 0. The van der Waals surface area contributed by atoms with Crippen molar-refractivity contribution in [1.29, 1.82) is 0 Å². The average Bonchev–Trinajstić information content (AvgIpc) is 2.43. The van der Waals surface area contributed by atoms with Gasteiger partial charge >= 0.3 is 0 Å². The molecule has 4 nitrogen and oxygen atoms in total. The topological polar surface area (TPSA) is 45.7 Å². The largest absolute Gasteiger partial charge is 0.494 e. The summed E-state index contributed by atoms with van der Waals surface area (Å²) in [6.45, 7) is 1.93. The third-order valence-corrected chi connectivity index (χ3v) is 2.21. The summed E-state index contributed by atoms with van der Waals surface area (Å²) in [6.07, 6.45) is 6.05. The van der Waals surface area contributed by atoms with Gasteiger partial charge in [-0.3, -0.25) is 4.99 Å². The first-order valence-electron chi connectivity index (χ1n) is 5.92. The van der Waals surface area contributed by atoms with Crippen LogP contribution >= 0.6 is 0 Å². The SMILES string of the molecule is C#CCNC(=NC)NCCCOc1ccccc1. The van der Waals surface area contributed by atoms with E-state index < -0.39 is 0 Å². The number of hydrogen-bond acceptors (Lipinski definition) is 2. The number of nitrogens with one attached hydrogen (secondary N) is 2. The lowest BCUT2D eigenvalue weighted by Crippen LogP contribution is -2.38. The molecule has 96 valence electrons. The number of para-hydroxylation sites is 1. The van der Waals surface area contributed by atoms with Crippen molar-refractivity contribution in [1.82, 2.24) is 10.6 Å². The third-order valence-electron chi connectivity index (χ3n) is 2.21. The number of ether oxygens (including phenoxy) is 1. The van der Waals surface area contributed by atoms with Crippen molar-refractivity contribution >= 4 is 5.96 Å². The van der Waals surface area contributed by atoms with E-state index >= 15 is 0 Å². The quantitative estimate of drug-likeness (QED) is 0.343. The summed E-state index contributed by atoms with van der Waals surface area (Å²) in [4.78, 5) is 4.04. The zero-order chi connectivity index (χ0) is 13.1. The highest BCUT2D eigenvalue weighted by atomic mass is 16.5. The lowest BCUT2D eigenvalue weighted by Gasteiger charge is -2.10. The lowest BCUT2D eigenvalue weighted by molar-refractivity contribution is 0.311. The van der Waals surface area contributed by atoms with Crippen LogP contribution in [0.3, 0.4) is 0 Å². The highest BCUT2D eigenvalue weighted by molar-refractivity contribution is 5.79. The average molecular weight is 245 g/mol. The first kappa shape index (κ1) is 13.9. The summed E-state index contributed by atoms with van der Waals surface area (Å²) in [7, 11) is 1.71. The van der Waals surface area contributed by atoms with E-state index in [0.29, 0.717) is 19.1 Å². The van der Waals surface area contributed by atoms with Crippen molar-refractivity contribution in [2.75, 3.05) is 26.7 Å². The number of benzene rings is 1. The molecule has 0 heterocycles. The van der Waals surface area contributed by atoms with Crippen LogP contribution in [0.1, 0.15) is 6.42 Å². The van der Waals surface area contributed by atoms with Crippen LogP contribution < -0.4 is 15.4 Å². The molecule has 0 saturated heterocycles. The molecule has 0 saturated carbocycles. The minimum atomic E-state index is 0.472. The predicted octanol–water partition coefficient (Wildman–Crippen LogP) is 1.25. The molecule has 0 aliphatic carbocycles. The number of guanidine groups is 1. The minimum Gasteiger partial charge on any atom is -0.494 e. The highest BCUT2D eigenvalue weighted by Crippen LogP contribution is 2.07. The zero-order valence-corrected chi connectivity index (χ0v) is 10.6. The van der Waals surface area contributed by atoms with Crippen LogP contribution in [0.5, 0.6) is 5.75 Å². The Morgan fingerprint density at radius 3 is 2.78 bits per heavy atom. The van der Waals surface area contributed by atoms with Gasteiger partial charge in [-0.15, -0.1) is 6.42 Å². The fourth-order valence-electron chi connectivity index (χ4n) is 1.34. The molecule has 1 aromatic carbocycles. The fraction of sp³-hybridized carbons (Fsp3) is 0.357. The summed E-state index contributed by atoms with van der Waals surface area (Å²) >= 11 is 0. The number of hydrogen-bond donors (Lipinski definition) is 2. The van der Waals surface area contributed by atoms with Gasteiger partial charge in [0, 0.05) is 13.6 Å². The molecule has 0 atom stereocenters. The maximum atomic E-state index is 5.57. The second-order valence-electron chi connectivity index (χ2n) is 3.57. The van der Waals surface area contributed by atoms with Crippen LogP contribution in [0.25, 0.3) is 0 Å². The summed E-state index contributed by atoms with van der Waals surface area (Å²) in [5, 5.41) is 6.14. The van der Waals surface area contributed by atoms with Crippen molar-refractivity contribution in [3.8, 4) is 18.1 Å². The van der Waals surface area contributed by atoms with E-state index in [1.165, 1.54) is 0 Å². The Labute approximate surface area is 108 Å². The van der Waals surface area contributed by atoms with E-state index in [-0.39, 0.29) is 0 Å². The van der Waals surface area contributed by atoms with Crippen molar-refractivity contribution in [3.05, 3.63) is 30.3 Å². The molecule has 0 bridgehead atoms. The first-order chi connectivity index (χ1) is 8.86. The van der Waals surface area contributed by atoms with Crippen LogP contribution in [-0.2, 0) is 0 Å². The summed E-state index contributed by atoms with van der Waals surface area (Å²) < 4.78 is 5.57. The lowest BCUT2D eigenvalue weighted by atomic mass is 10.3. The van der Waals surface area contributed by atoms with Gasteiger partial charge in [-0.2, -0.15) is 0 Å². The number of nitrogens with zero attached hydrogens (tertiary/aromatic N) is 1. The zero-order valence-electron chi connectivity index (χ0n) is 10.6. The van der Waals surface area contributed by atoms with E-state index in [1.54, 1.807) is 7.05 Å². The Kier molecular flexibility index (Phi) is 6.91. The van der Waals surface area contributed by atoms with Gasteiger partial charge in [-0.1, -0.05) is 24.1 Å². The maximum Gasteiger partial charge on any atom is 0.191 e. The van der Waals surface area contributed by atoms with Crippen LogP contribution in [0.15, 0.2) is 35.3 Å². The summed E-state index contributed by atoms with van der Waals surface area (Å²) in [5.74, 6) is 4.11. The summed E-state index contributed by atoms with van der Waals surface area (Å²) in [6, 6.07) is 9.77. The molecule has 0 radical (unpaired) electrons. The molecular weight excluding hydrogens is 226 g/mol. The molecule has 2 N–H and O–H groups in total. The molecule has 0 spiro atoms. The highest BCUT2D eigenvalue weighted by Gasteiger charge is 1.95. The number of aliphatic imine (C=N–C) groups is 1. The fourth-order valence-corrected chi connectivity index (χ4v) is 1.34. The second-order valence-corrected chi connectivity index (χ2v) is 3.57. The maximum absolute atomic E-state index is 5.57. The van der Waals surface area contributed by atoms with Gasteiger partial charge < -0.3 is 15.4 Å². The number of rotatable bonds is 6. The molecule has 0 aromatic heterocycles. The van der Waals surface area contributed by atoms with E-state index in [1.807, 2.05) is 30.3 Å². The van der Waals surface area contributed by atoms with Crippen molar-refractivity contribution in [2.45, 2.75) is 6.42 Å². The van der Waals surface area contributed by atoms with Gasteiger partial charge in [0.05, 0.1) is 13.2 Å². The Balaban J connectivity index is 2.10. The third kappa shape index (κ3) is 5.80. The smallest absolute Gasteiger partial charge is 0.191 e.